The van der Waals surface area contributed by atoms with E-state index in [4.69, 9.17) is 9.84 Å². The molecule has 1 unspecified atom stereocenters. The fraction of sp³-hybridized carbons (Fsp3) is 0.867. The standard InChI is InChI=1S/C15H24N2O4/c18-14(19)7-13-10-21-6-5-17(13)15(20)16(8-11-1-2-11)9-12-3-4-12/h11-13H,1-10H2,(H,18,19). The maximum atomic E-state index is 12.8. The van der Waals surface area contributed by atoms with Crippen molar-refractivity contribution < 1.29 is 19.4 Å². The molecule has 21 heavy (non-hydrogen) atoms. The Bertz CT molecular complexity index is 392. The van der Waals surface area contributed by atoms with Crippen molar-refractivity contribution in [2.75, 3.05) is 32.8 Å². The molecule has 1 aliphatic heterocycles. The summed E-state index contributed by atoms with van der Waals surface area (Å²) in [5.74, 6) is 0.442. The van der Waals surface area contributed by atoms with Gasteiger partial charge in [0.1, 0.15) is 0 Å². The molecule has 1 heterocycles. The third kappa shape index (κ3) is 4.09. The Balaban J connectivity index is 1.64. The Morgan fingerprint density at radius 2 is 1.76 bits per heavy atom. The van der Waals surface area contributed by atoms with Crippen LogP contribution in [0.4, 0.5) is 4.79 Å². The zero-order chi connectivity index (χ0) is 14.8. The van der Waals surface area contributed by atoms with Crippen molar-refractivity contribution in [3.8, 4) is 0 Å². The number of carbonyl (C=O) groups is 2. The minimum atomic E-state index is -0.876. The SMILES string of the molecule is O=C(O)CC1COCCN1C(=O)N(CC1CC1)CC1CC1. The van der Waals surface area contributed by atoms with Crippen molar-refractivity contribution in [2.24, 2.45) is 11.8 Å². The van der Waals surface area contributed by atoms with Crippen LogP contribution in [0, 0.1) is 11.8 Å². The highest BCUT2D eigenvalue weighted by Gasteiger charge is 2.36. The number of rotatable bonds is 6. The Morgan fingerprint density at radius 3 is 2.29 bits per heavy atom. The number of carboxylic acid groups (broad SMARTS) is 1. The lowest BCUT2D eigenvalue weighted by Gasteiger charge is -2.38. The zero-order valence-corrected chi connectivity index (χ0v) is 12.4. The molecule has 0 bridgehead atoms. The van der Waals surface area contributed by atoms with Crippen LogP contribution in [0.2, 0.25) is 0 Å². The monoisotopic (exact) mass is 296 g/mol. The van der Waals surface area contributed by atoms with Gasteiger partial charge in [0.15, 0.2) is 0 Å². The van der Waals surface area contributed by atoms with Crippen LogP contribution in [0.3, 0.4) is 0 Å². The molecule has 2 aliphatic carbocycles. The number of carbonyl (C=O) groups excluding carboxylic acids is 1. The van der Waals surface area contributed by atoms with Crippen LogP contribution in [0.5, 0.6) is 0 Å². The third-order valence-electron chi connectivity index (χ3n) is 4.51. The highest BCUT2D eigenvalue weighted by Crippen LogP contribution is 2.34. The van der Waals surface area contributed by atoms with Crippen LogP contribution in [-0.2, 0) is 9.53 Å². The van der Waals surface area contributed by atoms with Crippen LogP contribution in [0.25, 0.3) is 0 Å². The molecule has 0 aromatic rings. The highest BCUT2D eigenvalue weighted by atomic mass is 16.5. The first-order valence-corrected chi connectivity index (χ1v) is 7.98. The molecule has 1 saturated heterocycles. The summed E-state index contributed by atoms with van der Waals surface area (Å²) in [6.07, 6.45) is 4.84. The van der Waals surface area contributed by atoms with E-state index in [9.17, 15) is 9.59 Å². The van der Waals surface area contributed by atoms with E-state index in [0.29, 0.717) is 31.6 Å². The molecule has 0 aromatic heterocycles. The summed E-state index contributed by atoms with van der Waals surface area (Å²) < 4.78 is 5.35. The van der Waals surface area contributed by atoms with E-state index >= 15 is 0 Å². The molecule has 2 amide bonds. The summed E-state index contributed by atoms with van der Waals surface area (Å²) in [7, 11) is 0. The van der Waals surface area contributed by atoms with E-state index in [-0.39, 0.29) is 18.5 Å². The van der Waals surface area contributed by atoms with Gasteiger partial charge in [-0.25, -0.2) is 4.79 Å². The lowest BCUT2D eigenvalue weighted by Crippen LogP contribution is -2.55. The minimum Gasteiger partial charge on any atom is -0.481 e. The molecule has 1 N–H and O–H groups in total. The smallest absolute Gasteiger partial charge is 0.320 e. The van der Waals surface area contributed by atoms with Crippen molar-refractivity contribution in [3.05, 3.63) is 0 Å². The number of morpholine rings is 1. The van der Waals surface area contributed by atoms with Gasteiger partial charge in [-0.3, -0.25) is 4.79 Å². The molecule has 3 fully saturated rings. The molecule has 0 radical (unpaired) electrons. The van der Waals surface area contributed by atoms with E-state index in [1.807, 2.05) is 4.90 Å². The number of carboxylic acids is 1. The van der Waals surface area contributed by atoms with Crippen LogP contribution >= 0.6 is 0 Å². The quantitative estimate of drug-likeness (QED) is 0.804. The van der Waals surface area contributed by atoms with Gasteiger partial charge in [0.2, 0.25) is 0 Å². The molecule has 0 spiro atoms. The molecule has 1 atom stereocenters. The molecule has 3 aliphatic rings. The maximum absolute atomic E-state index is 12.8. The first kappa shape index (κ1) is 14.6. The van der Waals surface area contributed by atoms with Crippen LogP contribution in [-0.4, -0.2) is 65.8 Å². The second kappa shape index (κ2) is 6.22. The van der Waals surface area contributed by atoms with Gasteiger partial charge in [0.25, 0.3) is 0 Å². The van der Waals surface area contributed by atoms with Crippen LogP contribution in [0.15, 0.2) is 0 Å². The fourth-order valence-corrected chi connectivity index (χ4v) is 2.91. The van der Waals surface area contributed by atoms with E-state index < -0.39 is 5.97 Å². The summed E-state index contributed by atoms with van der Waals surface area (Å²) in [5.41, 5.74) is 0. The molecular formula is C15H24N2O4. The third-order valence-corrected chi connectivity index (χ3v) is 4.51. The second-order valence-corrected chi connectivity index (χ2v) is 6.59. The second-order valence-electron chi connectivity index (χ2n) is 6.59. The molecule has 0 aromatic carbocycles. The van der Waals surface area contributed by atoms with E-state index in [1.54, 1.807) is 4.90 Å². The Morgan fingerprint density at radius 1 is 1.14 bits per heavy atom. The van der Waals surface area contributed by atoms with Gasteiger partial charge in [-0.1, -0.05) is 0 Å². The Kier molecular flexibility index (Phi) is 4.33. The molecule has 2 saturated carbocycles. The van der Waals surface area contributed by atoms with Crippen molar-refractivity contribution in [1.82, 2.24) is 9.80 Å². The number of hydrogen-bond acceptors (Lipinski definition) is 3. The van der Waals surface area contributed by atoms with Gasteiger partial charge in [-0.15, -0.1) is 0 Å². The average molecular weight is 296 g/mol. The van der Waals surface area contributed by atoms with Crippen molar-refractivity contribution in [1.29, 1.82) is 0 Å². The largest absolute Gasteiger partial charge is 0.481 e. The lowest BCUT2D eigenvalue weighted by atomic mass is 10.1. The van der Waals surface area contributed by atoms with E-state index in [2.05, 4.69) is 0 Å². The summed E-state index contributed by atoms with van der Waals surface area (Å²) >= 11 is 0. The average Bonchev–Trinajstić information content (AvgIpc) is 3.32. The van der Waals surface area contributed by atoms with Crippen molar-refractivity contribution in [3.63, 3.8) is 0 Å². The van der Waals surface area contributed by atoms with Crippen molar-refractivity contribution >= 4 is 12.0 Å². The topological polar surface area (TPSA) is 70.1 Å². The Labute approximate surface area is 125 Å². The first-order valence-electron chi connectivity index (χ1n) is 7.98. The van der Waals surface area contributed by atoms with E-state index in [0.717, 1.165) is 13.1 Å². The Hall–Kier alpha value is -1.30. The summed E-state index contributed by atoms with van der Waals surface area (Å²) in [6.45, 7) is 3.02. The van der Waals surface area contributed by atoms with Crippen LogP contribution in [0.1, 0.15) is 32.1 Å². The minimum absolute atomic E-state index is 0.0170. The lowest BCUT2D eigenvalue weighted by molar-refractivity contribution is -0.139. The molecule has 118 valence electrons. The number of aliphatic carboxylic acids is 1. The maximum Gasteiger partial charge on any atom is 0.320 e. The van der Waals surface area contributed by atoms with Gasteiger partial charge in [-0.2, -0.15) is 0 Å². The molecular weight excluding hydrogens is 272 g/mol. The van der Waals surface area contributed by atoms with Gasteiger partial charge in [-0.05, 0) is 37.5 Å². The fourth-order valence-electron chi connectivity index (χ4n) is 2.91. The summed E-state index contributed by atoms with van der Waals surface area (Å²) in [5, 5.41) is 9.01. The number of hydrogen-bond donors (Lipinski definition) is 1. The predicted molar refractivity (Wildman–Crippen MR) is 76.0 cm³/mol. The van der Waals surface area contributed by atoms with Crippen molar-refractivity contribution in [2.45, 2.75) is 38.1 Å². The number of urea groups is 1. The summed E-state index contributed by atoms with van der Waals surface area (Å²) in [6, 6.07) is -0.312. The van der Waals surface area contributed by atoms with E-state index in [1.165, 1.54) is 25.7 Å². The number of nitrogens with zero attached hydrogens (tertiary/aromatic N) is 2. The molecule has 6 heteroatoms. The number of ether oxygens (including phenoxy) is 1. The summed E-state index contributed by atoms with van der Waals surface area (Å²) in [4.78, 5) is 27.5. The van der Waals surface area contributed by atoms with Crippen LogP contribution < -0.4 is 0 Å². The molecule has 6 nitrogen and oxygen atoms in total. The zero-order valence-electron chi connectivity index (χ0n) is 12.4. The first-order chi connectivity index (χ1) is 10.1. The predicted octanol–water partition coefficient (Wildman–Crippen LogP) is 1.40. The number of amides is 2. The molecule has 3 rings (SSSR count). The highest BCUT2D eigenvalue weighted by molar-refractivity contribution is 5.76. The van der Waals surface area contributed by atoms with Gasteiger partial charge >= 0.3 is 12.0 Å². The normalized spacial score (nSPS) is 25.7. The van der Waals surface area contributed by atoms with Gasteiger partial charge in [0.05, 0.1) is 25.7 Å². The van der Waals surface area contributed by atoms with Gasteiger partial charge < -0.3 is 19.6 Å². The van der Waals surface area contributed by atoms with Gasteiger partial charge in [0, 0.05) is 19.6 Å².